The zero-order chi connectivity index (χ0) is 11.5. The van der Waals surface area contributed by atoms with Gasteiger partial charge < -0.3 is 5.32 Å². The third kappa shape index (κ3) is 2.66. The Morgan fingerprint density at radius 1 is 1.27 bits per heavy atom. The first-order valence-corrected chi connectivity index (χ1v) is 5.34. The molecule has 2 nitrogen and oxygen atoms in total. The lowest BCUT2D eigenvalue weighted by molar-refractivity contribution is 0.0889. The van der Waals surface area contributed by atoms with Gasteiger partial charge in [0, 0.05) is 5.56 Å². The summed E-state index contributed by atoms with van der Waals surface area (Å²) in [7, 11) is 1.80. The molecule has 1 aromatic rings. The lowest BCUT2D eigenvalue weighted by Crippen LogP contribution is -2.44. The first-order valence-electron chi connectivity index (χ1n) is 5.34. The van der Waals surface area contributed by atoms with E-state index in [9.17, 15) is 4.79 Å². The Bertz CT molecular complexity index is 338. The van der Waals surface area contributed by atoms with Crippen LogP contribution in [0.5, 0.6) is 0 Å². The molecule has 0 spiro atoms. The third-order valence-corrected chi connectivity index (χ3v) is 2.82. The fourth-order valence-corrected chi connectivity index (χ4v) is 1.37. The second kappa shape index (κ2) is 4.58. The van der Waals surface area contributed by atoms with Gasteiger partial charge in [-0.25, -0.2) is 0 Å². The molecular weight excluding hydrogens is 186 g/mol. The van der Waals surface area contributed by atoms with Crippen molar-refractivity contribution in [3.8, 4) is 0 Å². The number of carbonyl (C=O) groups excluding carboxylic acids is 1. The van der Waals surface area contributed by atoms with E-state index >= 15 is 0 Å². The van der Waals surface area contributed by atoms with Gasteiger partial charge in [-0.2, -0.15) is 0 Å². The van der Waals surface area contributed by atoms with Crippen LogP contribution in [0.1, 0.15) is 36.7 Å². The molecule has 1 rings (SSSR count). The summed E-state index contributed by atoms with van der Waals surface area (Å²) in [4.78, 5) is 12.0. The first-order chi connectivity index (χ1) is 7.01. The Hall–Kier alpha value is -1.15. The number of hydrogen-bond donors (Lipinski definition) is 1. The van der Waals surface area contributed by atoms with E-state index in [2.05, 4.69) is 12.2 Å². The van der Waals surface area contributed by atoms with Gasteiger partial charge in [0.2, 0.25) is 0 Å². The van der Waals surface area contributed by atoms with Gasteiger partial charge in [-0.1, -0.05) is 31.2 Å². The number of rotatable bonds is 4. The number of Topliss-reactive ketones (excluding diaryl/α,β-unsaturated/α-hetero) is 1. The van der Waals surface area contributed by atoms with Crippen LogP contribution in [0.3, 0.4) is 0 Å². The minimum atomic E-state index is -0.492. The van der Waals surface area contributed by atoms with E-state index in [1.807, 2.05) is 38.1 Å². The Labute approximate surface area is 91.7 Å². The minimum Gasteiger partial charge on any atom is -0.308 e. The summed E-state index contributed by atoms with van der Waals surface area (Å²) in [5.41, 5.74) is 1.54. The normalized spacial score (nSPS) is 11.5. The predicted molar refractivity (Wildman–Crippen MR) is 63.3 cm³/mol. The highest BCUT2D eigenvalue weighted by Crippen LogP contribution is 2.13. The Balaban J connectivity index is 2.92. The second-order valence-corrected chi connectivity index (χ2v) is 4.25. The van der Waals surface area contributed by atoms with Gasteiger partial charge in [0.25, 0.3) is 0 Å². The van der Waals surface area contributed by atoms with Crippen LogP contribution in [0.25, 0.3) is 0 Å². The number of likely N-dealkylation sites (N-methyl/N-ethyl adjacent to an activating group) is 1. The van der Waals surface area contributed by atoms with Crippen molar-refractivity contribution in [2.24, 2.45) is 0 Å². The quantitative estimate of drug-likeness (QED) is 0.765. The van der Waals surface area contributed by atoms with Crippen LogP contribution >= 0.6 is 0 Å². The van der Waals surface area contributed by atoms with Crippen molar-refractivity contribution in [3.05, 3.63) is 35.4 Å². The van der Waals surface area contributed by atoms with Crippen molar-refractivity contribution in [1.82, 2.24) is 5.32 Å². The minimum absolute atomic E-state index is 0.132. The summed E-state index contributed by atoms with van der Waals surface area (Å²) >= 11 is 0. The molecule has 0 unspecified atom stereocenters. The number of carbonyl (C=O) groups is 1. The molecule has 15 heavy (non-hydrogen) atoms. The van der Waals surface area contributed by atoms with Crippen LogP contribution in [0.4, 0.5) is 0 Å². The zero-order valence-corrected chi connectivity index (χ0v) is 9.92. The molecule has 0 amide bonds. The van der Waals surface area contributed by atoms with Gasteiger partial charge in [-0.15, -0.1) is 0 Å². The summed E-state index contributed by atoms with van der Waals surface area (Å²) < 4.78 is 0. The van der Waals surface area contributed by atoms with Crippen molar-refractivity contribution in [1.29, 1.82) is 0 Å². The monoisotopic (exact) mass is 205 g/mol. The molecule has 82 valence electrons. The molecule has 0 heterocycles. The smallest absolute Gasteiger partial charge is 0.182 e. The fourth-order valence-electron chi connectivity index (χ4n) is 1.37. The lowest BCUT2D eigenvalue weighted by atomic mass is 9.93. The highest BCUT2D eigenvalue weighted by Gasteiger charge is 2.25. The topological polar surface area (TPSA) is 29.1 Å². The summed E-state index contributed by atoms with van der Waals surface area (Å²) in [6.07, 6.45) is 1.00. The van der Waals surface area contributed by atoms with E-state index in [0.29, 0.717) is 0 Å². The zero-order valence-electron chi connectivity index (χ0n) is 9.92. The fraction of sp³-hybridized carbons (Fsp3) is 0.462. The van der Waals surface area contributed by atoms with E-state index in [1.165, 1.54) is 5.56 Å². The maximum atomic E-state index is 12.0. The van der Waals surface area contributed by atoms with Crippen LogP contribution in [-0.4, -0.2) is 18.4 Å². The average molecular weight is 205 g/mol. The molecule has 0 radical (unpaired) electrons. The molecule has 0 saturated heterocycles. The third-order valence-electron chi connectivity index (χ3n) is 2.82. The molecule has 1 N–H and O–H groups in total. The average Bonchev–Trinajstić information content (AvgIpc) is 2.28. The van der Waals surface area contributed by atoms with E-state index in [1.54, 1.807) is 7.05 Å². The van der Waals surface area contributed by atoms with E-state index in [-0.39, 0.29) is 5.78 Å². The molecular formula is C13H19NO. The summed E-state index contributed by atoms with van der Waals surface area (Å²) in [5, 5.41) is 3.02. The molecule has 0 aromatic heterocycles. The molecule has 0 aliphatic carbocycles. The maximum absolute atomic E-state index is 12.0. The first kappa shape index (κ1) is 11.9. The number of ketones is 1. The number of aryl methyl sites for hydroxylation is 1. The summed E-state index contributed by atoms with van der Waals surface area (Å²) in [6, 6.07) is 7.83. The van der Waals surface area contributed by atoms with Gasteiger partial charge in [-0.3, -0.25) is 4.79 Å². The van der Waals surface area contributed by atoms with Gasteiger partial charge in [-0.05, 0) is 32.9 Å². The summed E-state index contributed by atoms with van der Waals surface area (Å²) in [5.74, 6) is 0.132. The van der Waals surface area contributed by atoms with Crippen LogP contribution in [0.2, 0.25) is 0 Å². The SMILES string of the molecule is CCc1ccc(C(=O)C(C)(C)NC)cc1. The summed E-state index contributed by atoms with van der Waals surface area (Å²) in [6.45, 7) is 5.89. The molecule has 0 atom stereocenters. The van der Waals surface area contributed by atoms with Gasteiger partial charge >= 0.3 is 0 Å². The molecule has 0 fully saturated rings. The van der Waals surface area contributed by atoms with Crippen molar-refractivity contribution in [2.45, 2.75) is 32.7 Å². The van der Waals surface area contributed by atoms with E-state index < -0.39 is 5.54 Å². The molecule has 0 aliphatic heterocycles. The molecule has 2 heteroatoms. The maximum Gasteiger partial charge on any atom is 0.182 e. The standard InChI is InChI=1S/C13H19NO/c1-5-10-6-8-11(9-7-10)12(15)13(2,3)14-4/h6-9,14H,5H2,1-4H3. The molecule has 0 saturated carbocycles. The van der Waals surface area contributed by atoms with Gasteiger partial charge in [0.05, 0.1) is 5.54 Å². The highest BCUT2D eigenvalue weighted by molar-refractivity contribution is 6.02. The van der Waals surface area contributed by atoms with Gasteiger partial charge in [0.1, 0.15) is 0 Å². The van der Waals surface area contributed by atoms with Crippen LogP contribution in [-0.2, 0) is 6.42 Å². The van der Waals surface area contributed by atoms with Crippen molar-refractivity contribution in [2.75, 3.05) is 7.05 Å². The molecule has 1 aromatic carbocycles. The van der Waals surface area contributed by atoms with Crippen molar-refractivity contribution >= 4 is 5.78 Å². The predicted octanol–water partition coefficient (Wildman–Crippen LogP) is 2.43. The van der Waals surface area contributed by atoms with Gasteiger partial charge in [0.15, 0.2) is 5.78 Å². The Morgan fingerprint density at radius 2 is 1.80 bits per heavy atom. The number of nitrogens with one attached hydrogen (secondary N) is 1. The van der Waals surface area contributed by atoms with E-state index in [4.69, 9.17) is 0 Å². The number of hydrogen-bond acceptors (Lipinski definition) is 2. The van der Waals surface area contributed by atoms with E-state index in [0.717, 1.165) is 12.0 Å². The lowest BCUT2D eigenvalue weighted by Gasteiger charge is -2.22. The largest absolute Gasteiger partial charge is 0.308 e. The Morgan fingerprint density at radius 3 is 2.20 bits per heavy atom. The Kier molecular flexibility index (Phi) is 3.64. The molecule has 0 aliphatic rings. The highest BCUT2D eigenvalue weighted by atomic mass is 16.1. The van der Waals surface area contributed by atoms with Crippen LogP contribution in [0.15, 0.2) is 24.3 Å². The second-order valence-electron chi connectivity index (χ2n) is 4.25. The number of benzene rings is 1. The molecule has 0 bridgehead atoms. The van der Waals surface area contributed by atoms with Crippen LogP contribution < -0.4 is 5.32 Å². The van der Waals surface area contributed by atoms with Crippen LogP contribution in [0, 0.1) is 0 Å². The van der Waals surface area contributed by atoms with Crippen molar-refractivity contribution < 1.29 is 4.79 Å². The van der Waals surface area contributed by atoms with Crippen molar-refractivity contribution in [3.63, 3.8) is 0 Å².